The number of amides is 1. The summed E-state index contributed by atoms with van der Waals surface area (Å²) >= 11 is 11.3. The fourth-order valence-corrected chi connectivity index (χ4v) is 4.24. The second-order valence-electron chi connectivity index (χ2n) is 4.55. The second-order valence-corrected chi connectivity index (χ2v) is 7.46. The molecule has 0 bridgehead atoms. The van der Waals surface area contributed by atoms with Crippen LogP contribution in [0.15, 0.2) is 18.2 Å². The van der Waals surface area contributed by atoms with E-state index >= 15 is 0 Å². The molecule has 4 nitrogen and oxygen atoms in total. The van der Waals surface area contributed by atoms with Crippen LogP contribution in [0.3, 0.4) is 0 Å². The molecule has 1 aromatic carbocycles. The number of anilines is 1. The van der Waals surface area contributed by atoms with Crippen LogP contribution in [0.25, 0.3) is 0 Å². The number of alkyl halides is 1. The van der Waals surface area contributed by atoms with E-state index in [0.717, 1.165) is 6.07 Å². The molecule has 1 fully saturated rings. The van der Waals surface area contributed by atoms with Gasteiger partial charge < -0.3 is 4.90 Å². The predicted molar refractivity (Wildman–Crippen MR) is 76.7 cm³/mol. The zero-order valence-corrected chi connectivity index (χ0v) is 12.7. The summed E-state index contributed by atoms with van der Waals surface area (Å²) in [5.74, 6) is -1.42. The van der Waals surface area contributed by atoms with Gasteiger partial charge in [-0.05, 0) is 24.6 Å². The molecule has 2 rings (SSSR count). The van der Waals surface area contributed by atoms with Gasteiger partial charge in [0.1, 0.15) is 11.7 Å². The summed E-state index contributed by atoms with van der Waals surface area (Å²) in [4.78, 5) is 13.3. The Balaban J connectivity index is 2.38. The van der Waals surface area contributed by atoms with Crippen molar-refractivity contribution in [2.75, 3.05) is 22.3 Å². The smallest absolute Gasteiger partial charge is 0.242 e. The molecule has 20 heavy (non-hydrogen) atoms. The van der Waals surface area contributed by atoms with E-state index in [1.165, 1.54) is 17.0 Å². The summed E-state index contributed by atoms with van der Waals surface area (Å²) in [7, 11) is -3.15. The molecule has 8 heteroatoms. The average molecular weight is 340 g/mol. The molecule has 1 aromatic rings. The van der Waals surface area contributed by atoms with Gasteiger partial charge in [-0.3, -0.25) is 4.79 Å². The van der Waals surface area contributed by atoms with Crippen LogP contribution in [-0.4, -0.2) is 37.8 Å². The van der Waals surface area contributed by atoms with E-state index in [1.807, 2.05) is 0 Å². The lowest BCUT2D eigenvalue weighted by molar-refractivity contribution is -0.116. The Hall–Kier alpha value is -0.850. The molecular formula is C12H12Cl2FNO3S. The highest BCUT2D eigenvalue weighted by atomic mass is 35.5. The Labute approximate surface area is 126 Å². The molecular weight excluding hydrogens is 328 g/mol. The normalized spacial score (nSPS) is 20.9. The average Bonchev–Trinajstić information content (AvgIpc) is 2.74. The van der Waals surface area contributed by atoms with Gasteiger partial charge in [-0.2, -0.15) is 0 Å². The third-order valence-corrected chi connectivity index (χ3v) is 5.41. The molecule has 1 aliphatic rings. The van der Waals surface area contributed by atoms with Crippen molar-refractivity contribution in [3.05, 3.63) is 29.0 Å². The second kappa shape index (κ2) is 5.87. The van der Waals surface area contributed by atoms with Crippen LogP contribution < -0.4 is 4.90 Å². The summed E-state index contributed by atoms with van der Waals surface area (Å²) in [5, 5.41) is -0.129. The van der Waals surface area contributed by atoms with Crippen molar-refractivity contribution in [2.24, 2.45) is 0 Å². The first-order chi connectivity index (χ1) is 9.34. The minimum Gasteiger partial charge on any atom is -0.307 e. The summed E-state index contributed by atoms with van der Waals surface area (Å²) in [6, 6.07) is 3.33. The SMILES string of the molecule is O=C(CCl)N(c1ccc(F)c(Cl)c1)[C@@H]1CCS(=O)(=O)C1. The summed E-state index contributed by atoms with van der Waals surface area (Å²) in [5.41, 5.74) is 0.351. The minimum atomic E-state index is -3.15. The fourth-order valence-electron chi connectivity index (χ4n) is 2.24. The van der Waals surface area contributed by atoms with E-state index in [1.54, 1.807) is 0 Å². The summed E-state index contributed by atoms with van der Waals surface area (Å²) in [6.45, 7) is 0. The summed E-state index contributed by atoms with van der Waals surface area (Å²) < 4.78 is 36.3. The Bertz CT molecular complexity index is 636. The van der Waals surface area contributed by atoms with Crippen molar-refractivity contribution in [3.8, 4) is 0 Å². The zero-order valence-electron chi connectivity index (χ0n) is 10.4. The summed E-state index contributed by atoms with van der Waals surface area (Å²) in [6.07, 6.45) is 0.333. The van der Waals surface area contributed by atoms with E-state index in [9.17, 15) is 17.6 Å². The number of benzene rings is 1. The maximum Gasteiger partial charge on any atom is 0.242 e. The number of sulfone groups is 1. The third-order valence-electron chi connectivity index (χ3n) is 3.14. The quantitative estimate of drug-likeness (QED) is 0.793. The predicted octanol–water partition coefficient (Wildman–Crippen LogP) is 2.24. The van der Waals surface area contributed by atoms with Gasteiger partial charge in [0.25, 0.3) is 0 Å². The van der Waals surface area contributed by atoms with Crippen molar-refractivity contribution in [1.82, 2.24) is 0 Å². The van der Waals surface area contributed by atoms with Crippen molar-refractivity contribution >= 4 is 44.6 Å². The van der Waals surface area contributed by atoms with Crippen LogP contribution in [0.4, 0.5) is 10.1 Å². The van der Waals surface area contributed by atoms with Gasteiger partial charge in [-0.15, -0.1) is 11.6 Å². The highest BCUT2D eigenvalue weighted by Gasteiger charge is 2.35. The zero-order chi connectivity index (χ0) is 14.9. The van der Waals surface area contributed by atoms with Crippen molar-refractivity contribution in [3.63, 3.8) is 0 Å². The molecule has 1 heterocycles. The van der Waals surface area contributed by atoms with Gasteiger partial charge >= 0.3 is 0 Å². The van der Waals surface area contributed by atoms with Gasteiger partial charge in [0.15, 0.2) is 9.84 Å². The standard InChI is InChI=1S/C12H12Cl2FNO3S/c13-6-12(17)16(9-3-4-20(18,19)7-9)8-1-2-11(15)10(14)5-8/h1-2,5,9H,3-4,6-7H2/t9-/m1/s1. The molecule has 1 atom stereocenters. The van der Waals surface area contributed by atoms with Crippen molar-refractivity contribution < 1.29 is 17.6 Å². The first kappa shape index (κ1) is 15.5. The molecule has 0 spiro atoms. The van der Waals surface area contributed by atoms with Gasteiger partial charge in [-0.1, -0.05) is 11.6 Å². The van der Waals surface area contributed by atoms with Crippen LogP contribution in [0.5, 0.6) is 0 Å². The van der Waals surface area contributed by atoms with Gasteiger partial charge in [0, 0.05) is 5.69 Å². The van der Waals surface area contributed by atoms with Crippen LogP contribution >= 0.6 is 23.2 Å². The maximum atomic E-state index is 13.2. The van der Waals surface area contributed by atoms with E-state index in [-0.39, 0.29) is 22.4 Å². The van der Waals surface area contributed by atoms with Crippen LogP contribution in [0, 0.1) is 5.82 Å². The minimum absolute atomic E-state index is 0.0264. The van der Waals surface area contributed by atoms with Crippen molar-refractivity contribution in [1.29, 1.82) is 0 Å². The van der Waals surface area contributed by atoms with Crippen LogP contribution in [0.2, 0.25) is 5.02 Å². The fraction of sp³-hybridized carbons (Fsp3) is 0.417. The number of carbonyl (C=O) groups excluding carboxylic acids is 1. The first-order valence-corrected chi connectivity index (χ1v) is 8.61. The molecule has 110 valence electrons. The molecule has 1 amide bonds. The number of rotatable bonds is 3. The van der Waals surface area contributed by atoms with Gasteiger partial charge in [-0.25, -0.2) is 12.8 Å². The molecule has 1 saturated heterocycles. The van der Waals surface area contributed by atoms with E-state index in [0.29, 0.717) is 12.1 Å². The monoisotopic (exact) mass is 339 g/mol. The third kappa shape index (κ3) is 3.24. The number of halogens is 3. The van der Waals surface area contributed by atoms with E-state index in [4.69, 9.17) is 23.2 Å². The molecule has 0 aromatic heterocycles. The lowest BCUT2D eigenvalue weighted by Gasteiger charge is -2.28. The van der Waals surface area contributed by atoms with Crippen LogP contribution in [0.1, 0.15) is 6.42 Å². The Morgan fingerprint density at radius 1 is 1.45 bits per heavy atom. The number of hydrogen-bond donors (Lipinski definition) is 0. The number of nitrogens with zero attached hydrogens (tertiary/aromatic N) is 1. The molecule has 0 N–H and O–H groups in total. The molecule has 0 radical (unpaired) electrons. The highest BCUT2D eigenvalue weighted by molar-refractivity contribution is 7.91. The Morgan fingerprint density at radius 3 is 2.65 bits per heavy atom. The van der Waals surface area contributed by atoms with E-state index in [2.05, 4.69) is 0 Å². The molecule has 0 saturated carbocycles. The van der Waals surface area contributed by atoms with Gasteiger partial charge in [0.2, 0.25) is 5.91 Å². The van der Waals surface area contributed by atoms with E-state index < -0.39 is 27.6 Å². The lowest BCUT2D eigenvalue weighted by atomic mass is 10.2. The largest absolute Gasteiger partial charge is 0.307 e. The molecule has 0 aliphatic carbocycles. The Morgan fingerprint density at radius 2 is 2.15 bits per heavy atom. The molecule has 1 aliphatic heterocycles. The van der Waals surface area contributed by atoms with Gasteiger partial charge in [0.05, 0.1) is 22.6 Å². The first-order valence-electron chi connectivity index (χ1n) is 5.87. The van der Waals surface area contributed by atoms with Crippen molar-refractivity contribution in [2.45, 2.75) is 12.5 Å². The molecule has 0 unspecified atom stereocenters. The highest BCUT2D eigenvalue weighted by Crippen LogP contribution is 2.28. The number of carbonyl (C=O) groups is 1. The maximum absolute atomic E-state index is 13.2. The lowest BCUT2D eigenvalue weighted by Crippen LogP contribution is -2.42. The topological polar surface area (TPSA) is 54.5 Å². The van der Waals surface area contributed by atoms with Crippen LogP contribution in [-0.2, 0) is 14.6 Å². The Kier molecular flexibility index (Phi) is 4.56. The number of hydrogen-bond acceptors (Lipinski definition) is 3.